The highest BCUT2D eigenvalue weighted by Gasteiger charge is 2.41. The Morgan fingerprint density at radius 1 is 1.42 bits per heavy atom. The number of rotatable bonds is 4. The maximum Gasteiger partial charge on any atom is 0.241 e. The van der Waals surface area contributed by atoms with E-state index in [0.29, 0.717) is 18.6 Å². The second kappa shape index (κ2) is 4.83. The number of hydrogen-bond acceptors (Lipinski definition) is 4. The third-order valence-corrected chi connectivity index (χ3v) is 4.96. The van der Waals surface area contributed by atoms with E-state index < -0.39 is 15.6 Å². The molecule has 2 rings (SSSR count). The van der Waals surface area contributed by atoms with Crippen LogP contribution in [0.1, 0.15) is 24.8 Å². The third kappa shape index (κ3) is 2.57. The van der Waals surface area contributed by atoms with Crippen molar-refractivity contribution < 1.29 is 13.2 Å². The minimum atomic E-state index is -3.67. The van der Waals surface area contributed by atoms with Gasteiger partial charge in [0.05, 0.1) is 18.1 Å². The molecule has 1 saturated carbocycles. The molecule has 1 N–H and O–H groups in total. The average Bonchev–Trinajstić information content (AvgIpc) is 2.34. The van der Waals surface area contributed by atoms with Crippen molar-refractivity contribution in [2.75, 3.05) is 7.11 Å². The Kier molecular flexibility index (Phi) is 3.52. The van der Waals surface area contributed by atoms with Crippen LogP contribution in [0.2, 0.25) is 0 Å². The molecule has 0 spiro atoms. The third-order valence-electron chi connectivity index (χ3n) is 3.43. The minimum Gasteiger partial charge on any atom is -0.496 e. The SMILES string of the molecule is COc1ccc(S(=O)(=O)NC2(C#N)CCC2)cc1C. The van der Waals surface area contributed by atoms with Crippen LogP contribution in [0.5, 0.6) is 5.75 Å². The Hall–Kier alpha value is -1.58. The quantitative estimate of drug-likeness (QED) is 0.911. The lowest BCUT2D eigenvalue weighted by molar-refractivity contribution is 0.296. The average molecular weight is 280 g/mol. The second-order valence-corrected chi connectivity index (χ2v) is 6.47. The molecule has 0 unspecified atom stereocenters. The highest BCUT2D eigenvalue weighted by atomic mass is 32.2. The van der Waals surface area contributed by atoms with E-state index in [2.05, 4.69) is 10.8 Å². The van der Waals surface area contributed by atoms with Crippen LogP contribution < -0.4 is 9.46 Å². The summed E-state index contributed by atoms with van der Waals surface area (Å²) in [6.07, 6.45) is 2.01. The van der Waals surface area contributed by atoms with E-state index in [0.717, 1.165) is 12.0 Å². The van der Waals surface area contributed by atoms with Crippen molar-refractivity contribution in [3.05, 3.63) is 23.8 Å². The summed E-state index contributed by atoms with van der Waals surface area (Å²) in [5.74, 6) is 0.637. The normalized spacial score (nSPS) is 17.3. The Morgan fingerprint density at radius 3 is 2.53 bits per heavy atom. The first kappa shape index (κ1) is 13.8. The van der Waals surface area contributed by atoms with Gasteiger partial charge in [-0.3, -0.25) is 0 Å². The van der Waals surface area contributed by atoms with E-state index in [9.17, 15) is 8.42 Å². The Labute approximate surface area is 113 Å². The number of nitrogens with zero attached hydrogens (tertiary/aromatic N) is 1. The molecular formula is C13H16N2O3S. The summed E-state index contributed by atoms with van der Waals surface area (Å²) in [5.41, 5.74) is -0.183. The first-order valence-corrected chi connectivity index (χ1v) is 7.51. The molecule has 0 radical (unpaired) electrons. The van der Waals surface area contributed by atoms with E-state index in [1.165, 1.54) is 13.2 Å². The van der Waals surface area contributed by atoms with Gasteiger partial charge in [-0.1, -0.05) is 0 Å². The highest BCUT2D eigenvalue weighted by Crippen LogP contribution is 2.33. The van der Waals surface area contributed by atoms with Crippen LogP contribution in [-0.4, -0.2) is 21.1 Å². The number of sulfonamides is 1. The van der Waals surface area contributed by atoms with Crippen molar-refractivity contribution >= 4 is 10.0 Å². The van der Waals surface area contributed by atoms with Gasteiger partial charge in [0, 0.05) is 0 Å². The molecule has 0 aromatic heterocycles. The maximum absolute atomic E-state index is 12.2. The number of ether oxygens (including phenoxy) is 1. The van der Waals surface area contributed by atoms with Gasteiger partial charge in [0.2, 0.25) is 10.0 Å². The second-order valence-electron chi connectivity index (χ2n) is 4.78. The predicted octanol–water partition coefficient (Wildman–Crippen LogP) is 1.73. The molecule has 102 valence electrons. The van der Waals surface area contributed by atoms with E-state index in [4.69, 9.17) is 10.00 Å². The summed E-state index contributed by atoms with van der Waals surface area (Å²) in [5, 5.41) is 9.09. The Balaban J connectivity index is 2.30. The van der Waals surface area contributed by atoms with Crippen LogP contribution >= 0.6 is 0 Å². The highest BCUT2D eigenvalue weighted by molar-refractivity contribution is 7.89. The molecule has 0 heterocycles. The van der Waals surface area contributed by atoms with Crippen molar-refractivity contribution in [2.45, 2.75) is 36.6 Å². The summed E-state index contributed by atoms with van der Waals surface area (Å²) in [6, 6.07) is 6.71. The molecule has 1 aliphatic rings. The molecule has 1 fully saturated rings. The topological polar surface area (TPSA) is 79.2 Å². The van der Waals surface area contributed by atoms with Gasteiger partial charge in [0.1, 0.15) is 11.3 Å². The van der Waals surface area contributed by atoms with Crippen molar-refractivity contribution in [2.24, 2.45) is 0 Å². The lowest BCUT2D eigenvalue weighted by Crippen LogP contribution is -2.52. The van der Waals surface area contributed by atoms with Crippen LogP contribution in [0, 0.1) is 18.3 Å². The Morgan fingerprint density at radius 2 is 2.11 bits per heavy atom. The number of methoxy groups -OCH3 is 1. The van der Waals surface area contributed by atoms with Gasteiger partial charge in [-0.15, -0.1) is 0 Å². The summed E-state index contributed by atoms with van der Waals surface area (Å²) in [6.45, 7) is 1.78. The first-order valence-electron chi connectivity index (χ1n) is 6.02. The molecule has 0 aliphatic heterocycles. The number of nitrogens with one attached hydrogen (secondary N) is 1. The van der Waals surface area contributed by atoms with Crippen LogP contribution in [0.4, 0.5) is 0 Å². The van der Waals surface area contributed by atoms with E-state index in [1.807, 2.05) is 0 Å². The number of hydrogen-bond donors (Lipinski definition) is 1. The van der Waals surface area contributed by atoms with Crippen molar-refractivity contribution in [1.82, 2.24) is 4.72 Å². The monoisotopic (exact) mass is 280 g/mol. The smallest absolute Gasteiger partial charge is 0.241 e. The molecule has 0 atom stereocenters. The summed E-state index contributed by atoms with van der Waals surface area (Å²) < 4.78 is 32.1. The zero-order chi connectivity index (χ0) is 14.1. The van der Waals surface area contributed by atoms with Crippen molar-refractivity contribution in [1.29, 1.82) is 5.26 Å². The summed E-state index contributed by atoms with van der Waals surface area (Å²) in [7, 11) is -2.13. The van der Waals surface area contributed by atoms with Gasteiger partial charge in [0.25, 0.3) is 0 Å². The molecular weight excluding hydrogens is 264 g/mol. The first-order chi connectivity index (χ1) is 8.92. The minimum absolute atomic E-state index is 0.160. The molecule has 0 amide bonds. The predicted molar refractivity (Wildman–Crippen MR) is 70.2 cm³/mol. The molecule has 0 bridgehead atoms. The van der Waals surface area contributed by atoms with Crippen LogP contribution in [0.3, 0.4) is 0 Å². The van der Waals surface area contributed by atoms with Crippen LogP contribution in [0.15, 0.2) is 23.1 Å². The molecule has 19 heavy (non-hydrogen) atoms. The summed E-state index contributed by atoms with van der Waals surface area (Å²) in [4.78, 5) is 0.160. The number of nitriles is 1. The zero-order valence-electron chi connectivity index (χ0n) is 10.9. The molecule has 6 heteroatoms. The maximum atomic E-state index is 12.2. The summed E-state index contributed by atoms with van der Waals surface area (Å²) >= 11 is 0. The van der Waals surface area contributed by atoms with Crippen molar-refractivity contribution in [3.8, 4) is 11.8 Å². The van der Waals surface area contributed by atoms with E-state index in [1.54, 1.807) is 19.1 Å². The van der Waals surface area contributed by atoms with Crippen molar-refractivity contribution in [3.63, 3.8) is 0 Å². The number of aryl methyl sites for hydroxylation is 1. The van der Waals surface area contributed by atoms with Crippen LogP contribution in [-0.2, 0) is 10.0 Å². The van der Waals surface area contributed by atoms with Gasteiger partial charge < -0.3 is 4.74 Å². The lowest BCUT2D eigenvalue weighted by atomic mass is 9.79. The van der Waals surface area contributed by atoms with Gasteiger partial charge in [-0.2, -0.15) is 9.98 Å². The molecule has 1 aromatic rings. The van der Waals surface area contributed by atoms with Gasteiger partial charge in [-0.05, 0) is 49.9 Å². The zero-order valence-corrected chi connectivity index (χ0v) is 11.8. The van der Waals surface area contributed by atoms with Gasteiger partial charge in [0.15, 0.2) is 0 Å². The standard InChI is InChI=1S/C13H16N2O3S/c1-10-8-11(4-5-12(10)18-2)19(16,17)15-13(9-14)6-3-7-13/h4-5,8,15H,3,6-7H2,1-2H3. The van der Waals surface area contributed by atoms with E-state index >= 15 is 0 Å². The molecule has 0 saturated heterocycles. The molecule has 5 nitrogen and oxygen atoms in total. The lowest BCUT2D eigenvalue weighted by Gasteiger charge is -2.35. The van der Waals surface area contributed by atoms with Gasteiger partial charge >= 0.3 is 0 Å². The Bertz CT molecular complexity index is 628. The fraction of sp³-hybridized carbons (Fsp3) is 0.462. The van der Waals surface area contributed by atoms with Crippen LogP contribution in [0.25, 0.3) is 0 Å². The largest absolute Gasteiger partial charge is 0.496 e. The fourth-order valence-corrected chi connectivity index (χ4v) is 3.56. The number of benzene rings is 1. The van der Waals surface area contributed by atoms with E-state index in [-0.39, 0.29) is 4.90 Å². The molecule has 1 aromatic carbocycles. The van der Waals surface area contributed by atoms with Gasteiger partial charge in [-0.25, -0.2) is 8.42 Å². The fourth-order valence-electron chi connectivity index (χ4n) is 2.10. The molecule has 1 aliphatic carbocycles.